The smallest absolute Gasteiger partial charge is 0.254 e. The van der Waals surface area contributed by atoms with E-state index in [0.717, 1.165) is 34.8 Å². The fourth-order valence-electron chi connectivity index (χ4n) is 2.60. The molecule has 3 aromatic rings. The molecule has 2 heterocycles. The molecule has 1 atom stereocenters. The molecule has 0 saturated carbocycles. The summed E-state index contributed by atoms with van der Waals surface area (Å²) in [6.45, 7) is -0.286. The van der Waals surface area contributed by atoms with Crippen molar-refractivity contribution >= 4 is 45.9 Å². The average Bonchev–Trinajstić information content (AvgIpc) is 3.27. The zero-order valence-electron chi connectivity index (χ0n) is 17.0. The molecule has 0 saturated heterocycles. The van der Waals surface area contributed by atoms with Gasteiger partial charge in [-0.3, -0.25) is 14.6 Å². The molecule has 11 heteroatoms. The van der Waals surface area contributed by atoms with E-state index in [1.54, 1.807) is 12.4 Å². The van der Waals surface area contributed by atoms with Crippen molar-refractivity contribution in [1.29, 1.82) is 0 Å². The number of benzene rings is 1. The monoisotopic (exact) mass is 468 g/mol. The number of pyridine rings is 1. The summed E-state index contributed by atoms with van der Waals surface area (Å²) in [5, 5.41) is 7.33. The molecule has 2 aromatic heterocycles. The van der Waals surface area contributed by atoms with E-state index in [9.17, 15) is 14.1 Å². The van der Waals surface area contributed by atoms with Crippen molar-refractivity contribution in [3.63, 3.8) is 0 Å². The lowest BCUT2D eigenvalue weighted by Gasteiger charge is -2.05. The summed E-state index contributed by atoms with van der Waals surface area (Å²) < 4.78 is 14.6. The Bertz CT molecular complexity index is 1150. The average molecular weight is 469 g/mol. The minimum absolute atomic E-state index is 0.00128. The Kier molecular flexibility index (Phi) is 8.08. The van der Waals surface area contributed by atoms with Crippen molar-refractivity contribution in [2.24, 2.45) is 10.1 Å². The Morgan fingerprint density at radius 3 is 2.69 bits per heavy atom. The van der Waals surface area contributed by atoms with Crippen LogP contribution in [0.3, 0.4) is 0 Å². The second-order valence-electron chi connectivity index (χ2n) is 6.37. The van der Waals surface area contributed by atoms with Crippen LogP contribution in [0.15, 0.2) is 70.3 Å². The molecule has 0 radical (unpaired) electrons. The van der Waals surface area contributed by atoms with Gasteiger partial charge >= 0.3 is 0 Å². The van der Waals surface area contributed by atoms with Crippen molar-refractivity contribution in [2.45, 2.75) is 0 Å². The third-order valence-corrected chi connectivity index (χ3v) is 5.27. The molecule has 3 rings (SSSR count). The summed E-state index contributed by atoms with van der Waals surface area (Å²) in [4.78, 5) is 32.7. The predicted octanol–water partition coefficient (Wildman–Crippen LogP) is 2.13. The molecule has 1 aromatic carbocycles. The van der Waals surface area contributed by atoms with Gasteiger partial charge in [-0.05, 0) is 29.3 Å². The van der Waals surface area contributed by atoms with Gasteiger partial charge in [0.2, 0.25) is 5.91 Å². The number of nitrogens with one attached hydrogen (secondary N) is 2. The van der Waals surface area contributed by atoms with Crippen molar-refractivity contribution in [3.8, 4) is 22.4 Å². The molecular weight excluding hydrogens is 448 g/mol. The minimum Gasteiger partial charge on any atom is -0.592 e. The van der Waals surface area contributed by atoms with Crippen LogP contribution in [0.5, 0.6) is 0 Å². The Labute approximate surface area is 191 Å². The molecule has 0 aliphatic carbocycles. The summed E-state index contributed by atoms with van der Waals surface area (Å²) in [7, 11) is 0. The first-order valence-electron chi connectivity index (χ1n) is 9.30. The van der Waals surface area contributed by atoms with Crippen LogP contribution in [0.1, 0.15) is 0 Å². The number of carbonyl (C=O) groups excluding carboxylic acids is 2. The molecule has 2 amide bonds. The summed E-state index contributed by atoms with van der Waals surface area (Å²) in [6, 6.07) is 11.8. The number of nitrogens with two attached hydrogens (primary N) is 1. The predicted molar refractivity (Wildman–Crippen MR) is 127 cm³/mol. The van der Waals surface area contributed by atoms with Crippen LogP contribution in [0.25, 0.3) is 22.4 Å². The molecule has 4 N–H and O–H groups in total. The highest BCUT2D eigenvalue weighted by Crippen LogP contribution is 2.28. The molecule has 0 fully saturated rings. The summed E-state index contributed by atoms with van der Waals surface area (Å²) in [6.07, 6.45) is 6.95. The molecule has 0 aliphatic rings. The maximum Gasteiger partial charge on any atom is 0.254 e. The van der Waals surface area contributed by atoms with E-state index in [-0.39, 0.29) is 12.1 Å². The molecule has 164 valence electrons. The molecule has 0 aliphatic heterocycles. The van der Waals surface area contributed by atoms with Crippen LogP contribution in [-0.2, 0) is 21.0 Å². The first-order chi connectivity index (χ1) is 15.5. The maximum absolute atomic E-state index is 12.2. The van der Waals surface area contributed by atoms with E-state index in [2.05, 4.69) is 25.0 Å². The van der Waals surface area contributed by atoms with E-state index in [0.29, 0.717) is 5.13 Å². The Morgan fingerprint density at radius 1 is 1.22 bits per heavy atom. The normalized spacial score (nSPS) is 12.5. The van der Waals surface area contributed by atoms with Gasteiger partial charge < -0.3 is 20.9 Å². The zero-order chi connectivity index (χ0) is 22.9. The van der Waals surface area contributed by atoms with Gasteiger partial charge in [0.1, 0.15) is 6.26 Å². The van der Waals surface area contributed by atoms with Crippen LogP contribution in [0.2, 0.25) is 0 Å². The number of thiazole rings is 1. The number of amides is 2. The molecule has 1 unspecified atom stereocenters. The first-order valence-corrected chi connectivity index (χ1v) is 11.7. The van der Waals surface area contributed by atoms with Crippen LogP contribution >= 0.6 is 11.3 Å². The third kappa shape index (κ3) is 6.48. The van der Waals surface area contributed by atoms with E-state index < -0.39 is 23.2 Å². The van der Waals surface area contributed by atoms with Crippen LogP contribution < -0.4 is 16.4 Å². The van der Waals surface area contributed by atoms with Gasteiger partial charge in [0.15, 0.2) is 5.13 Å². The highest BCUT2D eigenvalue weighted by Gasteiger charge is 2.12. The number of aromatic nitrogens is 2. The van der Waals surface area contributed by atoms with Gasteiger partial charge in [0, 0.05) is 29.5 Å². The highest BCUT2D eigenvalue weighted by atomic mass is 32.2. The fourth-order valence-corrected chi connectivity index (χ4v) is 3.60. The van der Waals surface area contributed by atoms with E-state index >= 15 is 0 Å². The van der Waals surface area contributed by atoms with Crippen molar-refractivity contribution in [3.05, 3.63) is 65.9 Å². The van der Waals surface area contributed by atoms with Crippen molar-refractivity contribution < 1.29 is 14.1 Å². The lowest BCUT2D eigenvalue weighted by molar-refractivity contribution is -0.121. The lowest BCUT2D eigenvalue weighted by Crippen LogP contribution is -2.34. The SMILES string of the molecule is C[S+]([O-])N=CC(=CN)C(=O)NCC(=O)Nc1nc(-c2cccc(-c3ccncc3)c2)cs1. The number of anilines is 1. The lowest BCUT2D eigenvalue weighted by atomic mass is 10.0. The molecule has 0 bridgehead atoms. The number of nitrogens with zero attached hydrogens (tertiary/aromatic N) is 3. The number of rotatable bonds is 8. The van der Waals surface area contributed by atoms with E-state index in [1.807, 2.05) is 41.8 Å². The third-order valence-electron chi connectivity index (χ3n) is 4.11. The molecule has 32 heavy (non-hydrogen) atoms. The molecule has 0 spiro atoms. The first kappa shape index (κ1) is 23.1. The quantitative estimate of drug-likeness (QED) is 0.262. The Morgan fingerprint density at radius 2 is 1.97 bits per heavy atom. The van der Waals surface area contributed by atoms with Crippen LogP contribution in [0.4, 0.5) is 5.13 Å². The summed E-state index contributed by atoms with van der Waals surface area (Å²) in [5.41, 5.74) is 9.08. The highest BCUT2D eigenvalue weighted by molar-refractivity contribution is 7.89. The van der Waals surface area contributed by atoms with Gasteiger partial charge in [-0.25, -0.2) is 4.98 Å². The largest absolute Gasteiger partial charge is 0.592 e. The summed E-state index contributed by atoms with van der Waals surface area (Å²) >= 11 is -0.187. The Hall–Kier alpha value is -3.54. The maximum atomic E-state index is 12.2. The number of hydrogen-bond donors (Lipinski definition) is 3. The standard InChI is InChI=1S/C21H20N6O3S2/c1-32(30)25-11-17(10-22)20(29)24-12-19(28)27-21-26-18(13-31-21)16-4-2-3-15(9-16)14-5-7-23-8-6-14/h2-11,13H,12,22H2,1H3,(H,24,29)(H,26,27,28). The van der Waals surface area contributed by atoms with Crippen molar-refractivity contribution in [2.75, 3.05) is 18.1 Å². The fraction of sp³-hybridized carbons (Fsp3) is 0.0952. The molecular formula is C21H20N6O3S2. The topological polar surface area (TPSA) is 145 Å². The second kappa shape index (κ2) is 11.2. The minimum atomic E-state index is -1.47. The zero-order valence-corrected chi connectivity index (χ0v) is 18.7. The van der Waals surface area contributed by atoms with Gasteiger partial charge in [-0.2, -0.15) is 0 Å². The summed E-state index contributed by atoms with van der Waals surface area (Å²) in [5.74, 6) is -1.05. The van der Waals surface area contributed by atoms with Crippen LogP contribution in [-0.4, -0.2) is 45.4 Å². The van der Waals surface area contributed by atoms with Crippen LogP contribution in [0, 0.1) is 0 Å². The molecule has 9 nitrogen and oxygen atoms in total. The van der Waals surface area contributed by atoms with E-state index in [1.165, 1.54) is 17.6 Å². The van der Waals surface area contributed by atoms with Gasteiger partial charge in [0.05, 0.1) is 35.4 Å². The van der Waals surface area contributed by atoms with Gasteiger partial charge in [-0.1, -0.05) is 22.6 Å². The van der Waals surface area contributed by atoms with E-state index in [4.69, 9.17) is 5.73 Å². The number of hydrogen-bond acceptors (Lipinski definition) is 8. The van der Waals surface area contributed by atoms with Gasteiger partial charge in [-0.15, -0.1) is 11.3 Å². The Balaban J connectivity index is 1.60. The van der Waals surface area contributed by atoms with Crippen molar-refractivity contribution in [1.82, 2.24) is 15.3 Å². The van der Waals surface area contributed by atoms with Gasteiger partial charge in [0.25, 0.3) is 5.91 Å². The number of carbonyl (C=O) groups is 2. The second-order valence-corrected chi connectivity index (χ2v) is 8.28.